The molecular weight excluding hydrogens is 206 g/mol. The molecule has 1 saturated carbocycles. The fourth-order valence-corrected chi connectivity index (χ4v) is 2.22. The van der Waals surface area contributed by atoms with E-state index in [-0.39, 0.29) is 5.92 Å². The first kappa shape index (κ1) is 11.0. The molecule has 0 saturated heterocycles. The van der Waals surface area contributed by atoms with E-state index in [4.69, 9.17) is 5.53 Å². The Bertz CT molecular complexity index is 403. The molecule has 1 aliphatic carbocycles. The van der Waals surface area contributed by atoms with Gasteiger partial charge in [-0.1, -0.05) is 35.4 Å². The Kier molecular flexibility index (Phi) is 3.10. The molecule has 1 fully saturated rings. The molecule has 4 atom stereocenters. The number of aliphatic hydroxyl groups excluding tert-OH is 2. The maximum atomic E-state index is 9.87. The van der Waals surface area contributed by atoms with Crippen molar-refractivity contribution >= 4 is 0 Å². The van der Waals surface area contributed by atoms with Crippen molar-refractivity contribution in [2.75, 3.05) is 0 Å². The summed E-state index contributed by atoms with van der Waals surface area (Å²) < 4.78 is 0. The summed E-state index contributed by atoms with van der Waals surface area (Å²) in [6, 6.07) is 8.93. The van der Waals surface area contributed by atoms with E-state index in [2.05, 4.69) is 10.0 Å². The van der Waals surface area contributed by atoms with E-state index in [0.717, 1.165) is 5.56 Å². The normalized spacial score (nSPS) is 33.4. The Labute approximate surface area is 93.0 Å². The van der Waals surface area contributed by atoms with Gasteiger partial charge in [0.25, 0.3) is 0 Å². The van der Waals surface area contributed by atoms with Crippen LogP contribution in [0.5, 0.6) is 0 Å². The van der Waals surface area contributed by atoms with Gasteiger partial charge in [0.15, 0.2) is 0 Å². The van der Waals surface area contributed by atoms with Gasteiger partial charge in [0, 0.05) is 10.8 Å². The van der Waals surface area contributed by atoms with Crippen LogP contribution in [0.4, 0.5) is 0 Å². The molecule has 0 spiro atoms. The zero-order valence-electron chi connectivity index (χ0n) is 8.64. The van der Waals surface area contributed by atoms with Crippen molar-refractivity contribution in [2.45, 2.75) is 30.6 Å². The first-order valence-electron chi connectivity index (χ1n) is 5.19. The van der Waals surface area contributed by atoms with Gasteiger partial charge in [-0.2, -0.15) is 0 Å². The van der Waals surface area contributed by atoms with Crippen molar-refractivity contribution in [3.05, 3.63) is 46.3 Å². The van der Waals surface area contributed by atoms with Gasteiger partial charge in [0.2, 0.25) is 0 Å². The van der Waals surface area contributed by atoms with E-state index in [1.807, 2.05) is 30.3 Å². The summed E-state index contributed by atoms with van der Waals surface area (Å²) in [4.78, 5) is 2.68. The van der Waals surface area contributed by atoms with E-state index >= 15 is 0 Å². The molecule has 0 aromatic heterocycles. The van der Waals surface area contributed by atoms with Gasteiger partial charge < -0.3 is 10.2 Å². The Balaban J connectivity index is 2.22. The summed E-state index contributed by atoms with van der Waals surface area (Å²) in [5.41, 5.74) is 9.32. The van der Waals surface area contributed by atoms with Crippen molar-refractivity contribution in [1.29, 1.82) is 0 Å². The molecule has 0 amide bonds. The van der Waals surface area contributed by atoms with Crippen LogP contribution in [-0.2, 0) is 0 Å². The number of hydrogen-bond donors (Lipinski definition) is 2. The van der Waals surface area contributed by atoms with Crippen molar-refractivity contribution in [3.63, 3.8) is 0 Å². The van der Waals surface area contributed by atoms with Gasteiger partial charge in [0.1, 0.15) is 0 Å². The van der Waals surface area contributed by atoms with Gasteiger partial charge >= 0.3 is 0 Å². The second kappa shape index (κ2) is 4.53. The Hall–Kier alpha value is -1.55. The molecule has 2 rings (SSSR count). The van der Waals surface area contributed by atoms with Gasteiger partial charge in [-0.3, -0.25) is 0 Å². The first-order valence-corrected chi connectivity index (χ1v) is 5.19. The lowest BCUT2D eigenvalue weighted by Crippen LogP contribution is -2.29. The summed E-state index contributed by atoms with van der Waals surface area (Å²) in [6.45, 7) is 0. The van der Waals surface area contributed by atoms with Gasteiger partial charge in [-0.15, -0.1) is 0 Å². The van der Waals surface area contributed by atoms with Crippen molar-refractivity contribution in [2.24, 2.45) is 5.11 Å². The van der Waals surface area contributed by atoms with Crippen LogP contribution in [0.2, 0.25) is 0 Å². The summed E-state index contributed by atoms with van der Waals surface area (Å²) in [7, 11) is 0. The number of hydrogen-bond acceptors (Lipinski definition) is 3. The summed E-state index contributed by atoms with van der Waals surface area (Å²) >= 11 is 0. The minimum Gasteiger partial charge on any atom is -0.390 e. The fourth-order valence-electron chi connectivity index (χ4n) is 2.22. The minimum absolute atomic E-state index is 0.160. The van der Waals surface area contributed by atoms with Gasteiger partial charge in [0.05, 0.1) is 18.2 Å². The van der Waals surface area contributed by atoms with Crippen LogP contribution in [0, 0.1) is 0 Å². The Morgan fingerprint density at radius 1 is 1.19 bits per heavy atom. The van der Waals surface area contributed by atoms with Crippen molar-refractivity contribution in [3.8, 4) is 0 Å². The molecule has 2 N–H and O–H groups in total. The highest BCUT2D eigenvalue weighted by Crippen LogP contribution is 2.36. The van der Waals surface area contributed by atoms with E-state index in [1.54, 1.807) is 0 Å². The van der Waals surface area contributed by atoms with E-state index in [1.165, 1.54) is 0 Å². The highest BCUT2D eigenvalue weighted by molar-refractivity contribution is 5.24. The van der Waals surface area contributed by atoms with Crippen LogP contribution in [0.3, 0.4) is 0 Å². The Morgan fingerprint density at radius 2 is 1.88 bits per heavy atom. The number of nitrogens with zero attached hydrogens (tertiary/aromatic N) is 3. The molecule has 5 nitrogen and oxygen atoms in total. The monoisotopic (exact) mass is 219 g/mol. The summed E-state index contributed by atoms with van der Waals surface area (Å²) in [5.74, 6) is -0.160. The highest BCUT2D eigenvalue weighted by Gasteiger charge is 2.41. The molecule has 1 aliphatic rings. The molecule has 84 valence electrons. The third-order valence-corrected chi connectivity index (χ3v) is 3.08. The van der Waals surface area contributed by atoms with Gasteiger partial charge in [-0.25, -0.2) is 0 Å². The topological polar surface area (TPSA) is 89.2 Å². The SMILES string of the molecule is [N-]=[N+]=N[C@@H]1C[C@H](c2ccccc2)[C@H](O)[C@@H]1O. The highest BCUT2D eigenvalue weighted by atomic mass is 16.3. The van der Waals surface area contributed by atoms with Crippen LogP contribution in [-0.4, -0.2) is 28.5 Å². The van der Waals surface area contributed by atoms with Crippen LogP contribution in [0.1, 0.15) is 17.9 Å². The predicted octanol–water partition coefficient (Wildman–Crippen LogP) is 1.57. The fraction of sp³-hybridized carbons (Fsp3) is 0.455. The van der Waals surface area contributed by atoms with E-state index < -0.39 is 18.2 Å². The molecule has 1 aromatic rings. The lowest BCUT2D eigenvalue weighted by Gasteiger charge is -2.16. The number of rotatable bonds is 2. The van der Waals surface area contributed by atoms with Crippen LogP contribution >= 0.6 is 0 Å². The maximum Gasteiger partial charge on any atom is 0.0889 e. The number of aliphatic hydroxyl groups is 2. The van der Waals surface area contributed by atoms with Crippen molar-refractivity contribution in [1.82, 2.24) is 0 Å². The molecule has 0 unspecified atom stereocenters. The largest absolute Gasteiger partial charge is 0.390 e. The molecule has 0 aliphatic heterocycles. The molecule has 0 heterocycles. The van der Waals surface area contributed by atoms with Gasteiger partial charge in [-0.05, 0) is 17.5 Å². The summed E-state index contributed by atoms with van der Waals surface area (Å²) in [5, 5.41) is 23.1. The van der Waals surface area contributed by atoms with E-state index in [9.17, 15) is 10.2 Å². The smallest absolute Gasteiger partial charge is 0.0889 e. The molecule has 1 aromatic carbocycles. The third kappa shape index (κ3) is 1.88. The zero-order chi connectivity index (χ0) is 11.5. The first-order chi connectivity index (χ1) is 7.74. The number of azide groups is 1. The van der Waals surface area contributed by atoms with Crippen LogP contribution < -0.4 is 0 Å². The zero-order valence-corrected chi connectivity index (χ0v) is 8.64. The molecule has 0 radical (unpaired) electrons. The molecule has 16 heavy (non-hydrogen) atoms. The average Bonchev–Trinajstić information content (AvgIpc) is 2.59. The second-order valence-electron chi connectivity index (χ2n) is 4.01. The minimum atomic E-state index is -0.971. The van der Waals surface area contributed by atoms with Crippen molar-refractivity contribution < 1.29 is 10.2 Å². The van der Waals surface area contributed by atoms with Crippen LogP contribution in [0.15, 0.2) is 35.4 Å². The molecule has 0 bridgehead atoms. The standard InChI is InChI=1S/C11H13N3O2/c12-14-13-9-6-8(10(15)11(9)16)7-4-2-1-3-5-7/h1-5,8-11,15-16H,6H2/t8-,9-,10+,11-/m1/s1. The number of benzene rings is 1. The molecular formula is C11H13N3O2. The predicted molar refractivity (Wildman–Crippen MR) is 58.7 cm³/mol. The van der Waals surface area contributed by atoms with E-state index in [0.29, 0.717) is 6.42 Å². The summed E-state index contributed by atoms with van der Waals surface area (Å²) in [6.07, 6.45) is -1.35. The maximum absolute atomic E-state index is 9.87. The van der Waals surface area contributed by atoms with Crippen LogP contribution in [0.25, 0.3) is 10.4 Å². The molecule has 5 heteroatoms. The third-order valence-electron chi connectivity index (χ3n) is 3.08. The lowest BCUT2D eigenvalue weighted by atomic mass is 9.95. The quantitative estimate of drug-likeness (QED) is 0.449. The second-order valence-corrected chi connectivity index (χ2v) is 4.01. The Morgan fingerprint density at radius 3 is 2.50 bits per heavy atom. The lowest BCUT2D eigenvalue weighted by molar-refractivity contribution is 0.0287. The average molecular weight is 219 g/mol.